The molecule has 164 valence electrons. The third kappa shape index (κ3) is 3.32. The van der Waals surface area contributed by atoms with Crippen molar-refractivity contribution in [3.63, 3.8) is 0 Å². The predicted octanol–water partition coefficient (Wildman–Crippen LogP) is 3.53. The number of fused-ring (bicyclic) bond motifs is 2. The van der Waals surface area contributed by atoms with Crippen molar-refractivity contribution in [2.45, 2.75) is 63.8 Å². The number of methoxy groups -OCH3 is 1. The lowest BCUT2D eigenvalue weighted by atomic mass is 9.92. The molecule has 2 saturated heterocycles. The van der Waals surface area contributed by atoms with Crippen LogP contribution in [0.1, 0.15) is 56.7 Å². The number of anilines is 2. The zero-order valence-electron chi connectivity index (χ0n) is 17.7. The first-order valence-electron chi connectivity index (χ1n) is 11.3. The van der Waals surface area contributed by atoms with Gasteiger partial charge in [-0.15, -0.1) is 0 Å². The van der Waals surface area contributed by atoms with E-state index in [1.807, 2.05) is 0 Å². The number of carbonyl (C=O) groups is 1. The standard InChI is InChI=1S/C22H30F2N4O2/c1-13-6-3-4-9-28(13)21-25-19-14(7-5-8-22(19,23)24)20(26-21)27-11-16-15(17(16)12-27)10-18(29)30-2/h13,15-17H,3-12H2,1-2H3/t13-,15?,16-,17+/m1/s1. The lowest BCUT2D eigenvalue weighted by Crippen LogP contribution is -2.40. The number of alkyl halides is 2. The van der Waals surface area contributed by atoms with E-state index in [0.717, 1.165) is 38.9 Å². The molecule has 8 heteroatoms. The van der Waals surface area contributed by atoms with E-state index in [0.29, 0.717) is 54.3 Å². The number of carbonyl (C=O) groups excluding carboxylic acids is 1. The van der Waals surface area contributed by atoms with Gasteiger partial charge in [0.1, 0.15) is 11.5 Å². The summed E-state index contributed by atoms with van der Waals surface area (Å²) in [6, 6.07) is 0.262. The molecule has 3 heterocycles. The molecule has 4 aliphatic rings. The molecule has 0 spiro atoms. The van der Waals surface area contributed by atoms with Gasteiger partial charge in [-0.05, 0) is 56.8 Å². The number of nitrogens with zero attached hydrogens (tertiary/aromatic N) is 4. The molecule has 0 aromatic carbocycles. The lowest BCUT2D eigenvalue weighted by molar-refractivity contribution is -0.141. The minimum atomic E-state index is -2.89. The van der Waals surface area contributed by atoms with Crippen LogP contribution in [0.15, 0.2) is 0 Å². The first-order valence-corrected chi connectivity index (χ1v) is 11.3. The summed E-state index contributed by atoms with van der Waals surface area (Å²) >= 11 is 0. The summed E-state index contributed by atoms with van der Waals surface area (Å²) in [5.41, 5.74) is 0.573. The van der Waals surface area contributed by atoms with Crippen LogP contribution < -0.4 is 9.80 Å². The molecule has 30 heavy (non-hydrogen) atoms. The Morgan fingerprint density at radius 3 is 2.67 bits per heavy atom. The maximum atomic E-state index is 14.9. The summed E-state index contributed by atoms with van der Waals surface area (Å²) in [6.45, 7) is 4.49. The van der Waals surface area contributed by atoms with E-state index in [-0.39, 0.29) is 24.1 Å². The molecule has 6 nitrogen and oxygen atoms in total. The van der Waals surface area contributed by atoms with Crippen molar-refractivity contribution in [1.29, 1.82) is 0 Å². The Labute approximate surface area is 176 Å². The average molecular weight is 421 g/mol. The molecule has 1 aromatic heterocycles. The maximum absolute atomic E-state index is 14.9. The van der Waals surface area contributed by atoms with Crippen molar-refractivity contribution in [3.8, 4) is 0 Å². The Morgan fingerprint density at radius 2 is 1.97 bits per heavy atom. The number of rotatable bonds is 4. The fraction of sp³-hybridized carbons (Fsp3) is 0.773. The molecule has 0 radical (unpaired) electrons. The minimum Gasteiger partial charge on any atom is -0.469 e. The van der Waals surface area contributed by atoms with Gasteiger partial charge in [-0.3, -0.25) is 4.79 Å². The second-order valence-corrected chi connectivity index (χ2v) is 9.45. The summed E-state index contributed by atoms with van der Waals surface area (Å²) in [6.07, 6.45) is 4.61. The number of hydrogen-bond donors (Lipinski definition) is 0. The highest BCUT2D eigenvalue weighted by molar-refractivity contribution is 5.70. The second kappa shape index (κ2) is 7.31. The van der Waals surface area contributed by atoms with Gasteiger partial charge in [-0.25, -0.2) is 4.98 Å². The molecule has 0 bridgehead atoms. The molecule has 3 fully saturated rings. The highest BCUT2D eigenvalue weighted by atomic mass is 19.3. The zero-order valence-corrected chi connectivity index (χ0v) is 17.7. The first kappa shape index (κ1) is 19.9. The Hall–Kier alpha value is -1.99. The van der Waals surface area contributed by atoms with Crippen molar-refractivity contribution in [3.05, 3.63) is 11.3 Å². The van der Waals surface area contributed by atoms with Crippen molar-refractivity contribution in [2.75, 3.05) is 36.5 Å². The highest BCUT2D eigenvalue weighted by Crippen LogP contribution is 2.55. The first-order chi connectivity index (χ1) is 14.4. The highest BCUT2D eigenvalue weighted by Gasteiger charge is 2.57. The number of piperidine rings is 2. The van der Waals surface area contributed by atoms with E-state index in [1.54, 1.807) is 0 Å². The molecular formula is C22H30F2N4O2. The summed E-state index contributed by atoms with van der Waals surface area (Å²) in [5.74, 6) is -0.682. The van der Waals surface area contributed by atoms with Crippen molar-refractivity contribution >= 4 is 17.7 Å². The summed E-state index contributed by atoms with van der Waals surface area (Å²) in [5, 5.41) is 0. The summed E-state index contributed by atoms with van der Waals surface area (Å²) < 4.78 is 34.5. The fourth-order valence-corrected chi connectivity index (χ4v) is 5.79. The minimum absolute atomic E-state index is 0.0572. The van der Waals surface area contributed by atoms with Crippen LogP contribution in [0.2, 0.25) is 0 Å². The maximum Gasteiger partial charge on any atom is 0.305 e. The third-order valence-corrected chi connectivity index (χ3v) is 7.60. The van der Waals surface area contributed by atoms with Gasteiger partial charge in [0.15, 0.2) is 0 Å². The number of hydrogen-bond acceptors (Lipinski definition) is 6. The molecule has 5 rings (SSSR count). The quantitative estimate of drug-likeness (QED) is 0.695. The van der Waals surface area contributed by atoms with Crippen LogP contribution in [0.3, 0.4) is 0 Å². The van der Waals surface area contributed by atoms with Gasteiger partial charge in [-0.1, -0.05) is 0 Å². The molecule has 1 unspecified atom stereocenters. The Kier molecular flexibility index (Phi) is 4.86. The third-order valence-electron chi connectivity index (χ3n) is 7.60. The lowest BCUT2D eigenvalue weighted by Gasteiger charge is -2.36. The largest absolute Gasteiger partial charge is 0.469 e. The SMILES string of the molecule is COC(=O)CC1[C@H]2CN(c3nc(N4CCCC[C@H]4C)nc4c3CCCC4(F)F)C[C@@H]12. The average Bonchev–Trinajstić information content (AvgIpc) is 3.16. The van der Waals surface area contributed by atoms with E-state index >= 15 is 0 Å². The molecular weight excluding hydrogens is 390 g/mol. The van der Waals surface area contributed by atoms with Gasteiger partial charge in [0.25, 0.3) is 5.92 Å². The number of esters is 1. The van der Waals surface area contributed by atoms with Crippen LogP contribution >= 0.6 is 0 Å². The molecule has 2 aliphatic heterocycles. The number of ether oxygens (including phenoxy) is 1. The van der Waals surface area contributed by atoms with Gasteiger partial charge in [-0.2, -0.15) is 13.8 Å². The molecule has 0 amide bonds. The second-order valence-electron chi connectivity index (χ2n) is 9.45. The van der Waals surface area contributed by atoms with Gasteiger partial charge < -0.3 is 14.5 Å². The fourth-order valence-electron chi connectivity index (χ4n) is 5.79. The van der Waals surface area contributed by atoms with E-state index in [4.69, 9.17) is 9.72 Å². The molecule has 0 N–H and O–H groups in total. The van der Waals surface area contributed by atoms with Gasteiger partial charge in [0.2, 0.25) is 5.95 Å². The van der Waals surface area contributed by atoms with Crippen LogP contribution in [-0.2, 0) is 21.9 Å². The van der Waals surface area contributed by atoms with Crippen LogP contribution in [0, 0.1) is 17.8 Å². The monoisotopic (exact) mass is 420 g/mol. The van der Waals surface area contributed by atoms with Crippen LogP contribution in [0.5, 0.6) is 0 Å². The molecule has 1 saturated carbocycles. The number of halogens is 2. The normalized spacial score (nSPS) is 31.9. The van der Waals surface area contributed by atoms with E-state index in [1.165, 1.54) is 7.11 Å². The number of aromatic nitrogens is 2. The summed E-state index contributed by atoms with van der Waals surface area (Å²) in [4.78, 5) is 25.2. The molecule has 2 aliphatic carbocycles. The Morgan fingerprint density at radius 1 is 1.20 bits per heavy atom. The Bertz CT molecular complexity index is 837. The van der Waals surface area contributed by atoms with Gasteiger partial charge in [0.05, 0.1) is 7.11 Å². The van der Waals surface area contributed by atoms with Crippen LogP contribution in [0.4, 0.5) is 20.5 Å². The van der Waals surface area contributed by atoms with Crippen molar-refractivity contribution < 1.29 is 18.3 Å². The topological polar surface area (TPSA) is 58.6 Å². The zero-order chi connectivity index (χ0) is 21.0. The van der Waals surface area contributed by atoms with Crippen LogP contribution in [0.25, 0.3) is 0 Å². The predicted molar refractivity (Wildman–Crippen MR) is 109 cm³/mol. The smallest absolute Gasteiger partial charge is 0.305 e. The van der Waals surface area contributed by atoms with E-state index in [9.17, 15) is 13.6 Å². The van der Waals surface area contributed by atoms with E-state index in [2.05, 4.69) is 21.7 Å². The Balaban J connectivity index is 1.45. The molecule has 1 aromatic rings. The van der Waals surface area contributed by atoms with E-state index < -0.39 is 5.92 Å². The van der Waals surface area contributed by atoms with Gasteiger partial charge >= 0.3 is 5.97 Å². The van der Waals surface area contributed by atoms with Gasteiger partial charge in [0, 0.05) is 44.1 Å². The van der Waals surface area contributed by atoms with Crippen LogP contribution in [-0.4, -0.2) is 48.7 Å². The van der Waals surface area contributed by atoms with Crippen molar-refractivity contribution in [1.82, 2.24) is 9.97 Å². The summed E-state index contributed by atoms with van der Waals surface area (Å²) in [7, 11) is 1.42. The molecule has 4 atom stereocenters. The van der Waals surface area contributed by atoms with Crippen molar-refractivity contribution in [2.24, 2.45) is 17.8 Å².